The molecule has 33 heavy (non-hydrogen) atoms. The van der Waals surface area contributed by atoms with Crippen LogP contribution in [0.5, 0.6) is 0 Å². The normalized spacial score (nSPS) is 23.8. The minimum Gasteiger partial charge on any atom is -0.444 e. The van der Waals surface area contributed by atoms with E-state index in [9.17, 15) is 13.2 Å². The molecule has 2 fully saturated rings. The van der Waals surface area contributed by atoms with Gasteiger partial charge in [0.2, 0.25) is 10.0 Å². The predicted octanol–water partition coefficient (Wildman–Crippen LogP) is 3.59. The molecule has 178 valence electrons. The van der Waals surface area contributed by atoms with E-state index in [-0.39, 0.29) is 18.2 Å². The van der Waals surface area contributed by atoms with Crippen molar-refractivity contribution in [2.24, 2.45) is 0 Å². The minimum absolute atomic E-state index is 0.253. The number of carbonyl (C=O) groups excluding carboxylic acids is 1. The van der Waals surface area contributed by atoms with Crippen molar-refractivity contribution >= 4 is 16.1 Å². The number of hydrogen-bond donors (Lipinski definition) is 1. The molecule has 7 nitrogen and oxygen atoms in total. The molecule has 0 saturated carbocycles. The number of hydrogen-bond acceptors (Lipinski definition) is 5. The second-order valence-corrected chi connectivity index (χ2v) is 10.7. The molecule has 0 radical (unpaired) electrons. The third-order valence-corrected chi connectivity index (χ3v) is 6.97. The lowest BCUT2D eigenvalue weighted by atomic mass is 9.90. The Kier molecular flexibility index (Phi) is 7.67. The third-order valence-electron chi connectivity index (χ3n) is 6.24. The van der Waals surface area contributed by atoms with E-state index in [4.69, 9.17) is 9.47 Å². The molecule has 2 aliphatic heterocycles. The summed E-state index contributed by atoms with van der Waals surface area (Å²) in [7, 11) is -3.43. The van der Waals surface area contributed by atoms with Crippen LogP contribution in [0.15, 0.2) is 54.6 Å². The molecule has 0 spiro atoms. The molecule has 0 bridgehead atoms. The smallest absolute Gasteiger partial charge is 0.410 e. The van der Waals surface area contributed by atoms with Crippen LogP contribution in [0.25, 0.3) is 11.1 Å². The quantitative estimate of drug-likeness (QED) is 0.695. The molecule has 2 aromatic rings. The number of likely N-dealkylation sites (tertiary alicyclic amines) is 1. The number of ether oxygens (including phenoxy) is 2. The van der Waals surface area contributed by atoms with Gasteiger partial charge in [0.1, 0.15) is 6.10 Å². The zero-order valence-corrected chi connectivity index (χ0v) is 19.8. The van der Waals surface area contributed by atoms with Gasteiger partial charge in [0.05, 0.1) is 18.9 Å². The van der Waals surface area contributed by atoms with Crippen LogP contribution in [0, 0.1) is 0 Å². The van der Waals surface area contributed by atoms with Crippen molar-refractivity contribution in [2.45, 2.75) is 50.3 Å². The van der Waals surface area contributed by atoms with E-state index in [0.29, 0.717) is 39.0 Å². The molecular weight excluding hydrogens is 440 g/mol. The average molecular weight is 473 g/mol. The SMILES string of the molecule is CS(=O)(=O)NC1CCCN(C(=O)OC2CCCOC2)C1Cc1cccc(-c2ccccc2)c1. The van der Waals surface area contributed by atoms with Crippen molar-refractivity contribution in [1.82, 2.24) is 9.62 Å². The maximum atomic E-state index is 13.1. The second kappa shape index (κ2) is 10.7. The second-order valence-electron chi connectivity index (χ2n) is 8.89. The monoisotopic (exact) mass is 472 g/mol. The van der Waals surface area contributed by atoms with E-state index < -0.39 is 16.1 Å². The van der Waals surface area contributed by atoms with Crippen LogP contribution < -0.4 is 4.72 Å². The van der Waals surface area contributed by atoms with Crippen molar-refractivity contribution in [3.63, 3.8) is 0 Å². The minimum atomic E-state index is -3.43. The highest BCUT2D eigenvalue weighted by Crippen LogP contribution is 2.26. The molecule has 2 saturated heterocycles. The Labute approximate surface area is 196 Å². The first-order valence-corrected chi connectivity index (χ1v) is 13.4. The van der Waals surface area contributed by atoms with Crippen molar-refractivity contribution in [3.8, 4) is 11.1 Å². The molecule has 2 aromatic carbocycles. The van der Waals surface area contributed by atoms with Crippen LogP contribution in [0.1, 0.15) is 31.2 Å². The molecule has 3 atom stereocenters. The molecule has 4 rings (SSSR count). The van der Waals surface area contributed by atoms with Gasteiger partial charge in [0.25, 0.3) is 0 Å². The maximum Gasteiger partial charge on any atom is 0.410 e. The topological polar surface area (TPSA) is 84.9 Å². The number of nitrogens with zero attached hydrogens (tertiary/aromatic N) is 1. The Morgan fingerprint density at radius 2 is 1.88 bits per heavy atom. The summed E-state index contributed by atoms with van der Waals surface area (Å²) >= 11 is 0. The number of rotatable bonds is 6. The van der Waals surface area contributed by atoms with Gasteiger partial charge in [-0.2, -0.15) is 0 Å². The average Bonchev–Trinajstić information content (AvgIpc) is 2.80. The number of piperidine rings is 1. The Bertz CT molecular complexity index is 1040. The summed E-state index contributed by atoms with van der Waals surface area (Å²) in [5, 5.41) is 0. The van der Waals surface area contributed by atoms with E-state index in [0.717, 1.165) is 35.8 Å². The van der Waals surface area contributed by atoms with Gasteiger partial charge >= 0.3 is 6.09 Å². The highest BCUT2D eigenvalue weighted by Gasteiger charge is 2.37. The highest BCUT2D eigenvalue weighted by molar-refractivity contribution is 7.88. The van der Waals surface area contributed by atoms with Crippen molar-refractivity contribution < 1.29 is 22.7 Å². The van der Waals surface area contributed by atoms with E-state index in [1.165, 1.54) is 0 Å². The van der Waals surface area contributed by atoms with Gasteiger partial charge in [-0.1, -0.05) is 54.6 Å². The fraction of sp³-hybridized carbons (Fsp3) is 0.480. The maximum absolute atomic E-state index is 13.1. The van der Waals surface area contributed by atoms with E-state index in [2.05, 4.69) is 29.0 Å². The summed E-state index contributed by atoms with van der Waals surface area (Å²) in [6.45, 7) is 1.64. The van der Waals surface area contributed by atoms with Crippen molar-refractivity contribution in [1.29, 1.82) is 0 Å². The van der Waals surface area contributed by atoms with Gasteiger partial charge in [-0.3, -0.25) is 0 Å². The van der Waals surface area contributed by atoms with Crippen LogP contribution >= 0.6 is 0 Å². The van der Waals surface area contributed by atoms with Crippen LogP contribution in [-0.4, -0.2) is 63.6 Å². The summed E-state index contributed by atoms with van der Waals surface area (Å²) in [6.07, 6.45) is 4.09. The van der Waals surface area contributed by atoms with E-state index >= 15 is 0 Å². The van der Waals surface area contributed by atoms with Crippen molar-refractivity contribution in [2.75, 3.05) is 26.0 Å². The summed E-state index contributed by atoms with van der Waals surface area (Å²) in [4.78, 5) is 14.8. The molecule has 1 amide bonds. The molecule has 2 aliphatic rings. The molecular formula is C25H32N2O5S. The first-order valence-electron chi connectivity index (χ1n) is 11.6. The Hall–Kier alpha value is -2.42. The summed E-state index contributed by atoms with van der Waals surface area (Å²) in [5.41, 5.74) is 3.25. The number of nitrogens with one attached hydrogen (secondary N) is 1. The number of amides is 1. The lowest BCUT2D eigenvalue weighted by molar-refractivity contribution is -0.0343. The molecule has 0 aromatic heterocycles. The predicted molar refractivity (Wildman–Crippen MR) is 127 cm³/mol. The summed E-state index contributed by atoms with van der Waals surface area (Å²) in [5.74, 6) is 0. The van der Waals surface area contributed by atoms with Gasteiger partial charge in [-0.05, 0) is 48.8 Å². The zero-order chi connectivity index (χ0) is 23.3. The third kappa shape index (κ3) is 6.56. The van der Waals surface area contributed by atoms with Gasteiger partial charge in [-0.25, -0.2) is 17.9 Å². The Balaban J connectivity index is 1.57. The van der Waals surface area contributed by atoms with Crippen molar-refractivity contribution in [3.05, 3.63) is 60.2 Å². The Morgan fingerprint density at radius 3 is 2.61 bits per heavy atom. The first kappa shape index (κ1) is 23.7. The lowest BCUT2D eigenvalue weighted by Gasteiger charge is -2.41. The van der Waals surface area contributed by atoms with Gasteiger partial charge in [0, 0.05) is 19.2 Å². The fourth-order valence-corrected chi connectivity index (χ4v) is 5.54. The van der Waals surface area contributed by atoms with Gasteiger partial charge in [0.15, 0.2) is 0 Å². The fourth-order valence-electron chi connectivity index (χ4n) is 4.71. The zero-order valence-electron chi connectivity index (χ0n) is 19.0. The molecule has 8 heteroatoms. The Morgan fingerprint density at radius 1 is 1.09 bits per heavy atom. The molecule has 1 N–H and O–H groups in total. The van der Waals surface area contributed by atoms with Gasteiger partial charge in [-0.15, -0.1) is 0 Å². The number of sulfonamides is 1. The summed E-state index contributed by atoms with van der Waals surface area (Å²) in [6, 6.07) is 17.6. The van der Waals surface area contributed by atoms with E-state index in [1.807, 2.05) is 30.3 Å². The van der Waals surface area contributed by atoms with Gasteiger partial charge < -0.3 is 14.4 Å². The summed E-state index contributed by atoms with van der Waals surface area (Å²) < 4.78 is 38.1. The van der Waals surface area contributed by atoms with Crippen LogP contribution in [-0.2, 0) is 25.9 Å². The first-order chi connectivity index (χ1) is 15.9. The molecule has 3 unspecified atom stereocenters. The highest BCUT2D eigenvalue weighted by atomic mass is 32.2. The number of carbonyl (C=O) groups is 1. The largest absolute Gasteiger partial charge is 0.444 e. The standard InChI is InChI=1S/C25H32N2O5S/c1-33(29,30)26-23-13-6-14-27(25(28)32-22-12-7-15-31-18-22)24(23)17-19-8-5-11-21(16-19)20-9-3-2-4-10-20/h2-5,8-11,16,22-24,26H,6-7,12-15,17-18H2,1H3. The van der Waals surface area contributed by atoms with Crippen LogP contribution in [0.2, 0.25) is 0 Å². The molecule has 2 heterocycles. The van der Waals surface area contributed by atoms with Crippen LogP contribution in [0.3, 0.4) is 0 Å². The van der Waals surface area contributed by atoms with Crippen LogP contribution in [0.4, 0.5) is 4.79 Å². The molecule has 0 aliphatic carbocycles. The van der Waals surface area contributed by atoms with E-state index in [1.54, 1.807) is 4.90 Å². The number of benzene rings is 2. The lowest BCUT2D eigenvalue weighted by Crippen LogP contribution is -2.58.